The third-order valence-corrected chi connectivity index (χ3v) is 4.69. The summed E-state index contributed by atoms with van der Waals surface area (Å²) in [7, 11) is 2.13. The second-order valence-electron chi connectivity index (χ2n) is 6.36. The van der Waals surface area contributed by atoms with Gasteiger partial charge in [0.15, 0.2) is 0 Å². The van der Waals surface area contributed by atoms with Crippen molar-refractivity contribution in [3.05, 3.63) is 18.2 Å². The lowest BCUT2D eigenvalue weighted by Crippen LogP contribution is -2.33. The Morgan fingerprint density at radius 3 is 2.83 bits per heavy atom. The van der Waals surface area contributed by atoms with E-state index in [-0.39, 0.29) is 0 Å². The largest absolute Gasteiger partial charge is 0.338 e. The average molecular weight is 247 g/mol. The molecule has 1 aromatic rings. The zero-order valence-electron chi connectivity index (χ0n) is 11.6. The molecule has 0 aliphatic heterocycles. The van der Waals surface area contributed by atoms with E-state index in [0.717, 1.165) is 17.9 Å². The molecule has 3 nitrogen and oxygen atoms in total. The number of imidazole rings is 1. The zero-order chi connectivity index (χ0) is 12.5. The van der Waals surface area contributed by atoms with Crippen molar-refractivity contribution in [2.75, 3.05) is 6.54 Å². The molecule has 2 fully saturated rings. The summed E-state index contributed by atoms with van der Waals surface area (Å²) in [6.07, 6.45) is 10.9. The highest BCUT2D eigenvalue weighted by Gasteiger charge is 2.33. The van der Waals surface area contributed by atoms with Crippen LogP contribution in [0.2, 0.25) is 0 Å². The van der Waals surface area contributed by atoms with Crippen LogP contribution in [0.5, 0.6) is 0 Å². The molecule has 3 heteroatoms. The number of rotatable bonds is 4. The normalized spacial score (nSPS) is 32.7. The summed E-state index contributed by atoms with van der Waals surface area (Å²) in [4.78, 5) is 4.60. The fraction of sp³-hybridized carbons (Fsp3) is 0.800. The molecule has 0 bridgehead atoms. The second-order valence-corrected chi connectivity index (χ2v) is 6.36. The van der Waals surface area contributed by atoms with Crippen LogP contribution < -0.4 is 5.32 Å². The zero-order valence-corrected chi connectivity index (χ0v) is 11.6. The van der Waals surface area contributed by atoms with Crippen molar-refractivity contribution in [1.82, 2.24) is 14.9 Å². The predicted molar refractivity (Wildman–Crippen MR) is 73.5 cm³/mol. The summed E-state index contributed by atoms with van der Waals surface area (Å²) in [6.45, 7) is 3.58. The molecule has 2 aliphatic carbocycles. The van der Waals surface area contributed by atoms with Gasteiger partial charge in [0.05, 0.1) is 0 Å². The molecule has 100 valence electrons. The van der Waals surface area contributed by atoms with Gasteiger partial charge in [0.25, 0.3) is 0 Å². The van der Waals surface area contributed by atoms with Crippen LogP contribution in [0.15, 0.2) is 12.4 Å². The van der Waals surface area contributed by atoms with Gasteiger partial charge in [0.1, 0.15) is 5.82 Å². The van der Waals surface area contributed by atoms with Crippen LogP contribution in [0.3, 0.4) is 0 Å². The number of aromatic nitrogens is 2. The van der Waals surface area contributed by atoms with E-state index in [1.807, 2.05) is 6.20 Å². The highest BCUT2D eigenvalue weighted by atomic mass is 15.0. The number of nitrogens with zero attached hydrogens (tertiary/aromatic N) is 2. The summed E-state index contributed by atoms with van der Waals surface area (Å²) < 4.78 is 2.22. The second kappa shape index (κ2) is 5.04. The smallest absolute Gasteiger partial charge is 0.111 e. The highest BCUT2D eigenvalue weighted by Crippen LogP contribution is 2.39. The molecule has 1 heterocycles. The lowest BCUT2D eigenvalue weighted by molar-refractivity contribution is 0.231. The fourth-order valence-corrected chi connectivity index (χ4v) is 3.34. The van der Waals surface area contributed by atoms with Crippen LogP contribution in [-0.4, -0.2) is 22.1 Å². The van der Waals surface area contributed by atoms with Gasteiger partial charge in [-0.2, -0.15) is 0 Å². The number of aryl methyl sites for hydroxylation is 1. The number of nitrogens with one attached hydrogen (secondary N) is 1. The summed E-state index contributed by atoms with van der Waals surface area (Å²) in [5, 5.41) is 3.72. The van der Waals surface area contributed by atoms with Crippen molar-refractivity contribution in [2.24, 2.45) is 18.9 Å². The lowest BCUT2D eigenvalue weighted by Gasteiger charge is -2.34. The molecule has 18 heavy (non-hydrogen) atoms. The van der Waals surface area contributed by atoms with Crippen LogP contribution in [0.25, 0.3) is 0 Å². The molecule has 0 spiro atoms. The minimum absolute atomic E-state index is 0.653. The molecule has 0 amide bonds. The number of hydrogen-bond acceptors (Lipinski definition) is 2. The molecule has 2 saturated carbocycles. The van der Waals surface area contributed by atoms with Crippen molar-refractivity contribution in [1.29, 1.82) is 0 Å². The first kappa shape index (κ1) is 12.2. The SMILES string of the molecule is CC1CCC(CNC2CC2)C(c2nccn2C)C1. The molecular weight excluding hydrogens is 222 g/mol. The Labute approximate surface area is 110 Å². The molecule has 1 aromatic heterocycles. The Morgan fingerprint density at radius 2 is 2.17 bits per heavy atom. The Morgan fingerprint density at radius 1 is 1.33 bits per heavy atom. The van der Waals surface area contributed by atoms with Gasteiger partial charge in [-0.3, -0.25) is 0 Å². The third-order valence-electron chi connectivity index (χ3n) is 4.69. The van der Waals surface area contributed by atoms with Crippen molar-refractivity contribution >= 4 is 0 Å². The fourth-order valence-electron chi connectivity index (χ4n) is 3.34. The first-order valence-electron chi connectivity index (χ1n) is 7.44. The maximum absolute atomic E-state index is 4.60. The maximum atomic E-state index is 4.60. The maximum Gasteiger partial charge on any atom is 0.111 e. The topological polar surface area (TPSA) is 29.9 Å². The van der Waals surface area contributed by atoms with Gasteiger partial charge >= 0.3 is 0 Å². The third kappa shape index (κ3) is 2.61. The molecule has 3 unspecified atom stereocenters. The monoisotopic (exact) mass is 247 g/mol. The Bertz CT molecular complexity index is 394. The Kier molecular flexibility index (Phi) is 3.42. The van der Waals surface area contributed by atoms with Gasteiger partial charge < -0.3 is 9.88 Å². The molecule has 0 saturated heterocycles. The van der Waals surface area contributed by atoms with Crippen molar-refractivity contribution in [2.45, 2.75) is 51.0 Å². The summed E-state index contributed by atoms with van der Waals surface area (Å²) >= 11 is 0. The van der Waals surface area contributed by atoms with Crippen molar-refractivity contribution in [3.63, 3.8) is 0 Å². The van der Waals surface area contributed by atoms with Crippen molar-refractivity contribution < 1.29 is 0 Å². The van der Waals surface area contributed by atoms with Gasteiger partial charge in [-0.05, 0) is 44.1 Å². The van der Waals surface area contributed by atoms with Gasteiger partial charge in [-0.15, -0.1) is 0 Å². The quantitative estimate of drug-likeness (QED) is 0.886. The summed E-state index contributed by atoms with van der Waals surface area (Å²) in [5.41, 5.74) is 0. The molecule has 1 N–H and O–H groups in total. The summed E-state index contributed by atoms with van der Waals surface area (Å²) in [5.74, 6) is 3.58. The Balaban J connectivity index is 1.70. The summed E-state index contributed by atoms with van der Waals surface area (Å²) in [6, 6.07) is 0.825. The van der Waals surface area contributed by atoms with E-state index in [0.29, 0.717) is 5.92 Å². The number of hydrogen-bond donors (Lipinski definition) is 1. The molecule has 0 aromatic carbocycles. The molecule has 0 radical (unpaired) electrons. The van der Waals surface area contributed by atoms with E-state index >= 15 is 0 Å². The first-order valence-corrected chi connectivity index (χ1v) is 7.44. The van der Waals surface area contributed by atoms with E-state index in [9.17, 15) is 0 Å². The van der Waals surface area contributed by atoms with Gasteiger partial charge in [-0.1, -0.05) is 13.3 Å². The highest BCUT2D eigenvalue weighted by molar-refractivity contribution is 5.05. The van der Waals surface area contributed by atoms with E-state index < -0.39 is 0 Å². The van der Waals surface area contributed by atoms with E-state index in [2.05, 4.69) is 35.0 Å². The minimum Gasteiger partial charge on any atom is -0.338 e. The molecular formula is C15H25N3. The van der Waals surface area contributed by atoms with Crippen LogP contribution in [0.1, 0.15) is 50.8 Å². The van der Waals surface area contributed by atoms with E-state index in [4.69, 9.17) is 0 Å². The molecule has 3 rings (SSSR count). The lowest BCUT2D eigenvalue weighted by atomic mass is 9.74. The minimum atomic E-state index is 0.653. The van der Waals surface area contributed by atoms with Gasteiger partial charge in [0.2, 0.25) is 0 Å². The standard InChI is InChI=1S/C15H25N3/c1-11-3-4-12(10-17-13-5-6-13)14(9-11)15-16-7-8-18(15)2/h7-8,11-14,17H,3-6,9-10H2,1-2H3. The van der Waals surface area contributed by atoms with E-state index in [1.165, 1.54) is 44.5 Å². The van der Waals surface area contributed by atoms with Crippen LogP contribution in [0.4, 0.5) is 0 Å². The van der Waals surface area contributed by atoms with Crippen LogP contribution in [-0.2, 0) is 7.05 Å². The predicted octanol–water partition coefficient (Wildman–Crippen LogP) is 2.69. The first-order chi connectivity index (χ1) is 8.74. The average Bonchev–Trinajstić information content (AvgIpc) is 3.09. The molecule has 3 atom stereocenters. The van der Waals surface area contributed by atoms with Crippen LogP contribution in [0, 0.1) is 11.8 Å². The van der Waals surface area contributed by atoms with Crippen molar-refractivity contribution in [3.8, 4) is 0 Å². The Hall–Kier alpha value is -0.830. The molecule has 2 aliphatic rings. The van der Waals surface area contributed by atoms with Gasteiger partial charge in [-0.25, -0.2) is 4.98 Å². The van der Waals surface area contributed by atoms with Gasteiger partial charge in [0, 0.05) is 31.4 Å². The van der Waals surface area contributed by atoms with E-state index in [1.54, 1.807) is 0 Å². The van der Waals surface area contributed by atoms with Crippen LogP contribution >= 0.6 is 0 Å².